The Hall–Kier alpha value is -0.610. The van der Waals surface area contributed by atoms with E-state index in [-0.39, 0.29) is 9.77 Å². The van der Waals surface area contributed by atoms with Crippen LogP contribution in [0.2, 0.25) is 0 Å². The summed E-state index contributed by atoms with van der Waals surface area (Å²) in [4.78, 5) is 16.1. The maximum absolute atomic E-state index is 13.2. The van der Waals surface area contributed by atoms with Crippen molar-refractivity contribution in [2.45, 2.75) is 68.2 Å². The summed E-state index contributed by atoms with van der Waals surface area (Å²) in [6.07, 6.45) is 8.80. The molecule has 1 N–H and O–H groups in total. The number of nitrogens with zero attached hydrogens (tertiary/aromatic N) is 1. The van der Waals surface area contributed by atoms with Gasteiger partial charge in [0.1, 0.15) is 4.21 Å². The number of ether oxygens (including phenoxy) is 1. The molecular formula is C21H32N2O4S3. The number of esters is 1. The molecule has 1 aromatic rings. The van der Waals surface area contributed by atoms with Crippen molar-refractivity contribution in [2.24, 2.45) is 5.92 Å². The molecule has 2 aliphatic heterocycles. The van der Waals surface area contributed by atoms with Gasteiger partial charge in [-0.15, -0.1) is 11.3 Å². The number of thiophene rings is 1. The zero-order chi connectivity index (χ0) is 21.1. The first-order chi connectivity index (χ1) is 14.5. The lowest BCUT2D eigenvalue weighted by Crippen LogP contribution is -2.41. The molecule has 4 rings (SSSR count). The molecule has 0 radical (unpaired) electrons. The number of sulfonamides is 1. The molecule has 30 heavy (non-hydrogen) atoms. The van der Waals surface area contributed by atoms with Crippen molar-refractivity contribution in [2.75, 3.05) is 31.7 Å². The molecule has 168 valence electrons. The average Bonchev–Trinajstić information content (AvgIpc) is 3.18. The van der Waals surface area contributed by atoms with Crippen LogP contribution in [0, 0.1) is 5.92 Å². The highest BCUT2D eigenvalue weighted by Gasteiger charge is 2.35. The lowest BCUT2D eigenvalue weighted by Gasteiger charge is -2.36. The fraction of sp³-hybridized carbons (Fsp3) is 0.762. The Morgan fingerprint density at radius 1 is 1.17 bits per heavy atom. The number of carbonyl (C=O) groups is 1. The van der Waals surface area contributed by atoms with Crippen LogP contribution < -0.4 is 4.72 Å². The van der Waals surface area contributed by atoms with Gasteiger partial charge in [0, 0.05) is 30.6 Å². The lowest BCUT2D eigenvalue weighted by atomic mass is 9.90. The van der Waals surface area contributed by atoms with E-state index in [9.17, 15) is 13.2 Å². The summed E-state index contributed by atoms with van der Waals surface area (Å²) in [6, 6.07) is 0.563. The smallest absolute Gasteiger partial charge is 0.340 e. The third-order valence-electron chi connectivity index (χ3n) is 6.68. The van der Waals surface area contributed by atoms with E-state index < -0.39 is 16.0 Å². The second kappa shape index (κ2) is 9.90. The SMILES string of the molecule is COC(=O)c1c(S(=O)(=O)NCC2CCCCC2)sc2c1CCN(C1CCSCC1)C2. The second-order valence-corrected chi connectivity index (χ2v) is 12.9. The van der Waals surface area contributed by atoms with E-state index in [0.29, 0.717) is 24.9 Å². The predicted octanol–water partition coefficient (Wildman–Crippen LogP) is 3.65. The maximum atomic E-state index is 13.2. The molecule has 1 aliphatic carbocycles. The molecular weight excluding hydrogens is 440 g/mol. The molecule has 0 aromatic carbocycles. The van der Waals surface area contributed by atoms with Crippen molar-refractivity contribution in [3.63, 3.8) is 0 Å². The Labute approximate surface area is 188 Å². The van der Waals surface area contributed by atoms with Gasteiger partial charge in [0.05, 0.1) is 12.7 Å². The van der Waals surface area contributed by atoms with E-state index in [4.69, 9.17) is 4.74 Å². The second-order valence-electron chi connectivity index (χ2n) is 8.58. The van der Waals surface area contributed by atoms with Gasteiger partial charge >= 0.3 is 5.97 Å². The molecule has 0 spiro atoms. The first kappa shape index (κ1) is 22.6. The van der Waals surface area contributed by atoms with E-state index in [1.54, 1.807) is 0 Å². The van der Waals surface area contributed by atoms with E-state index in [1.165, 1.54) is 62.1 Å². The van der Waals surface area contributed by atoms with Gasteiger partial charge in [-0.25, -0.2) is 17.9 Å². The van der Waals surface area contributed by atoms with Crippen LogP contribution in [0.15, 0.2) is 4.21 Å². The zero-order valence-electron chi connectivity index (χ0n) is 17.7. The Balaban J connectivity index is 1.56. The molecule has 3 heterocycles. The number of hydrogen-bond donors (Lipinski definition) is 1. The quantitative estimate of drug-likeness (QED) is 0.637. The molecule has 0 amide bonds. The van der Waals surface area contributed by atoms with Gasteiger partial charge in [0.2, 0.25) is 0 Å². The van der Waals surface area contributed by atoms with Gasteiger partial charge in [0.15, 0.2) is 0 Å². The van der Waals surface area contributed by atoms with Crippen LogP contribution in [0.1, 0.15) is 65.7 Å². The molecule has 3 aliphatic rings. The van der Waals surface area contributed by atoms with E-state index in [2.05, 4.69) is 9.62 Å². The summed E-state index contributed by atoms with van der Waals surface area (Å²) >= 11 is 3.28. The van der Waals surface area contributed by atoms with Crippen molar-refractivity contribution in [3.05, 3.63) is 16.0 Å². The minimum atomic E-state index is -3.74. The highest BCUT2D eigenvalue weighted by molar-refractivity contribution is 7.99. The average molecular weight is 473 g/mol. The number of hydrogen-bond acceptors (Lipinski definition) is 7. The topological polar surface area (TPSA) is 75.7 Å². The van der Waals surface area contributed by atoms with E-state index in [0.717, 1.165) is 36.4 Å². The highest BCUT2D eigenvalue weighted by atomic mass is 32.2. The number of carbonyl (C=O) groups excluding carboxylic acids is 1. The number of rotatable bonds is 6. The molecule has 1 aromatic heterocycles. The minimum Gasteiger partial charge on any atom is -0.465 e. The summed E-state index contributed by atoms with van der Waals surface area (Å²) in [6.45, 7) is 2.06. The summed E-state index contributed by atoms with van der Waals surface area (Å²) in [5.41, 5.74) is 1.15. The molecule has 0 unspecified atom stereocenters. The minimum absolute atomic E-state index is 0.149. The Morgan fingerprint density at radius 2 is 1.90 bits per heavy atom. The normalized spacial score (nSPS) is 22.0. The van der Waals surface area contributed by atoms with E-state index in [1.807, 2.05) is 11.8 Å². The van der Waals surface area contributed by atoms with Crippen LogP contribution in [-0.4, -0.2) is 57.0 Å². The molecule has 0 atom stereocenters. The van der Waals surface area contributed by atoms with Crippen LogP contribution in [0.3, 0.4) is 0 Å². The molecule has 0 bridgehead atoms. The van der Waals surface area contributed by atoms with Gasteiger partial charge in [-0.1, -0.05) is 19.3 Å². The van der Waals surface area contributed by atoms with Crippen molar-refractivity contribution in [3.8, 4) is 0 Å². The first-order valence-corrected chi connectivity index (χ1v) is 14.5. The summed E-state index contributed by atoms with van der Waals surface area (Å²) in [5.74, 6) is 2.24. The van der Waals surface area contributed by atoms with Crippen molar-refractivity contribution in [1.82, 2.24) is 9.62 Å². The highest BCUT2D eigenvalue weighted by Crippen LogP contribution is 2.38. The monoisotopic (exact) mass is 472 g/mol. The molecule has 2 fully saturated rings. The fourth-order valence-electron chi connectivity index (χ4n) is 4.94. The molecule has 1 saturated heterocycles. The number of fused-ring (bicyclic) bond motifs is 1. The summed E-state index contributed by atoms with van der Waals surface area (Å²) in [7, 11) is -2.41. The third kappa shape index (κ3) is 4.90. The van der Waals surface area contributed by atoms with Crippen LogP contribution in [-0.2, 0) is 27.7 Å². The van der Waals surface area contributed by atoms with Gasteiger partial charge in [0.25, 0.3) is 10.0 Å². The molecule has 1 saturated carbocycles. The Kier molecular flexibility index (Phi) is 7.45. The fourth-order valence-corrected chi connectivity index (χ4v) is 9.09. The van der Waals surface area contributed by atoms with Crippen LogP contribution in [0.5, 0.6) is 0 Å². The van der Waals surface area contributed by atoms with Gasteiger partial charge in [-0.05, 0) is 55.1 Å². The third-order valence-corrected chi connectivity index (χ3v) is 10.9. The zero-order valence-corrected chi connectivity index (χ0v) is 20.1. The van der Waals surface area contributed by atoms with Gasteiger partial charge in [-0.3, -0.25) is 4.90 Å². The van der Waals surface area contributed by atoms with E-state index >= 15 is 0 Å². The largest absolute Gasteiger partial charge is 0.465 e. The first-order valence-electron chi connectivity index (χ1n) is 11.0. The van der Waals surface area contributed by atoms with Crippen molar-refractivity contribution >= 4 is 39.1 Å². The van der Waals surface area contributed by atoms with Gasteiger partial charge < -0.3 is 4.74 Å². The predicted molar refractivity (Wildman–Crippen MR) is 122 cm³/mol. The van der Waals surface area contributed by atoms with Gasteiger partial charge in [-0.2, -0.15) is 11.8 Å². The molecule has 6 nitrogen and oxygen atoms in total. The Morgan fingerprint density at radius 3 is 2.60 bits per heavy atom. The number of methoxy groups -OCH3 is 1. The van der Waals surface area contributed by atoms with Crippen LogP contribution in [0.25, 0.3) is 0 Å². The Bertz CT molecular complexity index is 856. The van der Waals surface area contributed by atoms with Crippen LogP contribution in [0.4, 0.5) is 0 Å². The molecule has 9 heteroatoms. The summed E-state index contributed by atoms with van der Waals surface area (Å²) in [5, 5.41) is 0. The standard InChI is InChI=1S/C21H32N2O4S3/c1-27-20(24)19-17-7-10-23(16-8-11-28-12-9-16)14-18(17)29-21(19)30(25,26)22-13-15-5-3-2-4-6-15/h15-16,22H,2-14H2,1H3. The van der Waals surface area contributed by atoms with Crippen LogP contribution >= 0.6 is 23.1 Å². The lowest BCUT2D eigenvalue weighted by molar-refractivity contribution is 0.0595. The number of nitrogens with one attached hydrogen (secondary N) is 1. The maximum Gasteiger partial charge on any atom is 0.340 e. The number of thioether (sulfide) groups is 1. The van der Waals surface area contributed by atoms with Crippen molar-refractivity contribution < 1.29 is 17.9 Å². The summed E-state index contributed by atoms with van der Waals surface area (Å²) < 4.78 is 34.3. The van der Waals surface area contributed by atoms with Crippen molar-refractivity contribution in [1.29, 1.82) is 0 Å².